The third kappa shape index (κ3) is 4.28. The van der Waals surface area contributed by atoms with E-state index in [4.69, 9.17) is 15.2 Å². The minimum absolute atomic E-state index is 0.158. The summed E-state index contributed by atoms with van der Waals surface area (Å²) in [5.74, 6) is 0.771. The number of methoxy groups -OCH3 is 2. The maximum absolute atomic E-state index is 12.0. The minimum Gasteiger partial charge on any atom is -0.493 e. The summed E-state index contributed by atoms with van der Waals surface area (Å²) in [6, 6.07) is 5.51. The lowest BCUT2D eigenvalue weighted by molar-refractivity contribution is -0.121. The molecular weight excluding hydrogens is 298 g/mol. The summed E-state index contributed by atoms with van der Waals surface area (Å²) in [5, 5.41) is 2.86. The first-order valence-electron chi connectivity index (χ1n) is 7.58. The van der Waals surface area contributed by atoms with E-state index >= 15 is 0 Å². The van der Waals surface area contributed by atoms with Crippen molar-refractivity contribution in [2.45, 2.75) is 12.8 Å². The quantitative estimate of drug-likeness (QED) is 0.809. The molecule has 126 valence electrons. The molecule has 0 radical (unpaired) electrons. The van der Waals surface area contributed by atoms with Gasteiger partial charge < -0.3 is 25.4 Å². The first-order valence-corrected chi connectivity index (χ1v) is 7.58. The molecule has 1 atom stereocenters. The maximum atomic E-state index is 12.0. The van der Waals surface area contributed by atoms with Crippen molar-refractivity contribution in [1.29, 1.82) is 0 Å². The Kier molecular flexibility index (Phi) is 5.67. The highest BCUT2D eigenvalue weighted by Crippen LogP contribution is 2.27. The molecule has 23 heavy (non-hydrogen) atoms. The molecule has 7 nitrogen and oxygen atoms in total. The van der Waals surface area contributed by atoms with E-state index in [-0.39, 0.29) is 17.9 Å². The number of nitrogens with zero attached hydrogens (tertiary/aromatic N) is 1. The number of hydrogen-bond donors (Lipinski definition) is 2. The summed E-state index contributed by atoms with van der Waals surface area (Å²) in [6.45, 7) is 1.47. The standard InChI is InChI=1S/C16H23N3O4/c1-22-13-4-3-11(9-14(13)23-2)5-7-18-16(21)19-8-6-12(10-19)15(17)20/h3-4,9,12H,5-8,10H2,1-2H3,(H2,17,20)(H,18,21)/t12-/m0/s1. The Balaban J connectivity index is 1.81. The number of rotatable bonds is 6. The minimum atomic E-state index is -0.342. The zero-order valence-electron chi connectivity index (χ0n) is 13.5. The van der Waals surface area contributed by atoms with Crippen molar-refractivity contribution >= 4 is 11.9 Å². The summed E-state index contributed by atoms with van der Waals surface area (Å²) in [5.41, 5.74) is 6.31. The fourth-order valence-electron chi connectivity index (χ4n) is 2.64. The van der Waals surface area contributed by atoms with Crippen LogP contribution < -0.4 is 20.5 Å². The van der Waals surface area contributed by atoms with Gasteiger partial charge in [-0.25, -0.2) is 4.79 Å². The van der Waals surface area contributed by atoms with E-state index in [1.807, 2.05) is 18.2 Å². The molecule has 1 aliphatic rings. The molecule has 0 aromatic heterocycles. The van der Waals surface area contributed by atoms with Crippen LogP contribution in [0.2, 0.25) is 0 Å². The van der Waals surface area contributed by atoms with Gasteiger partial charge in [0.25, 0.3) is 0 Å². The Labute approximate surface area is 135 Å². The number of benzene rings is 1. The van der Waals surface area contributed by atoms with Gasteiger partial charge in [-0.15, -0.1) is 0 Å². The van der Waals surface area contributed by atoms with E-state index in [1.165, 1.54) is 0 Å². The number of urea groups is 1. The molecule has 1 aliphatic heterocycles. The van der Waals surface area contributed by atoms with Crippen molar-refractivity contribution in [2.75, 3.05) is 33.9 Å². The molecule has 3 N–H and O–H groups in total. The predicted octanol–water partition coefficient (Wildman–Crippen LogP) is 0.763. The summed E-state index contributed by atoms with van der Waals surface area (Å²) >= 11 is 0. The number of amides is 3. The lowest BCUT2D eigenvalue weighted by Gasteiger charge is -2.17. The molecule has 1 aromatic carbocycles. The SMILES string of the molecule is COc1ccc(CCNC(=O)N2CC[C@H](C(N)=O)C2)cc1OC. The Morgan fingerprint density at radius 1 is 1.30 bits per heavy atom. The first-order chi connectivity index (χ1) is 11.0. The van der Waals surface area contributed by atoms with E-state index in [1.54, 1.807) is 19.1 Å². The number of ether oxygens (including phenoxy) is 2. The second-order valence-electron chi connectivity index (χ2n) is 5.51. The highest BCUT2D eigenvalue weighted by Gasteiger charge is 2.29. The molecule has 1 heterocycles. The largest absolute Gasteiger partial charge is 0.493 e. The van der Waals surface area contributed by atoms with Crippen molar-refractivity contribution < 1.29 is 19.1 Å². The molecule has 1 saturated heterocycles. The third-order valence-electron chi connectivity index (χ3n) is 4.02. The normalized spacial score (nSPS) is 17.0. The lowest BCUT2D eigenvalue weighted by Crippen LogP contribution is -2.40. The maximum Gasteiger partial charge on any atom is 0.317 e. The number of carbonyl (C=O) groups excluding carboxylic acids is 2. The average molecular weight is 321 g/mol. The van der Waals surface area contributed by atoms with Crippen LogP contribution in [0, 0.1) is 5.92 Å². The summed E-state index contributed by atoms with van der Waals surface area (Å²) in [6.07, 6.45) is 1.32. The molecular formula is C16H23N3O4. The summed E-state index contributed by atoms with van der Waals surface area (Å²) in [4.78, 5) is 24.8. The molecule has 0 bridgehead atoms. The van der Waals surface area contributed by atoms with Gasteiger partial charge in [-0.05, 0) is 30.5 Å². The van der Waals surface area contributed by atoms with Crippen LogP contribution in [0.4, 0.5) is 4.79 Å². The lowest BCUT2D eigenvalue weighted by atomic mass is 10.1. The number of primary amides is 1. The monoisotopic (exact) mass is 321 g/mol. The van der Waals surface area contributed by atoms with Crippen molar-refractivity contribution in [3.05, 3.63) is 23.8 Å². The van der Waals surface area contributed by atoms with Crippen molar-refractivity contribution in [2.24, 2.45) is 11.7 Å². The highest BCUT2D eigenvalue weighted by molar-refractivity contribution is 5.80. The molecule has 1 aromatic rings. The predicted molar refractivity (Wildman–Crippen MR) is 85.5 cm³/mol. The molecule has 0 saturated carbocycles. The molecule has 2 rings (SSSR count). The van der Waals surface area contributed by atoms with Crippen LogP contribution in [-0.4, -0.2) is 50.7 Å². The first kappa shape index (κ1) is 16.9. The van der Waals surface area contributed by atoms with E-state index in [2.05, 4.69) is 5.32 Å². The number of nitrogens with two attached hydrogens (primary N) is 1. The summed E-state index contributed by atoms with van der Waals surface area (Å²) < 4.78 is 10.4. The number of carbonyl (C=O) groups is 2. The van der Waals surface area contributed by atoms with Crippen LogP contribution in [0.5, 0.6) is 11.5 Å². The van der Waals surface area contributed by atoms with Gasteiger partial charge in [0.1, 0.15) is 0 Å². The second-order valence-corrected chi connectivity index (χ2v) is 5.51. The van der Waals surface area contributed by atoms with Crippen molar-refractivity contribution in [1.82, 2.24) is 10.2 Å². The van der Waals surface area contributed by atoms with Crippen LogP contribution in [0.25, 0.3) is 0 Å². The zero-order valence-corrected chi connectivity index (χ0v) is 13.5. The van der Waals surface area contributed by atoms with Gasteiger partial charge >= 0.3 is 6.03 Å². The number of likely N-dealkylation sites (tertiary alicyclic amines) is 1. The van der Waals surface area contributed by atoms with E-state index in [9.17, 15) is 9.59 Å². The van der Waals surface area contributed by atoms with E-state index < -0.39 is 0 Å². The van der Waals surface area contributed by atoms with Gasteiger partial charge in [-0.2, -0.15) is 0 Å². The van der Waals surface area contributed by atoms with Gasteiger partial charge in [-0.3, -0.25) is 4.79 Å². The topological polar surface area (TPSA) is 93.9 Å². The molecule has 7 heteroatoms. The van der Waals surface area contributed by atoms with E-state index in [0.717, 1.165) is 5.56 Å². The van der Waals surface area contributed by atoms with Gasteiger partial charge in [0.2, 0.25) is 5.91 Å². The van der Waals surface area contributed by atoms with Crippen LogP contribution in [0.3, 0.4) is 0 Å². The van der Waals surface area contributed by atoms with Gasteiger partial charge in [0, 0.05) is 19.6 Å². The van der Waals surface area contributed by atoms with Crippen LogP contribution in [0.15, 0.2) is 18.2 Å². The molecule has 0 spiro atoms. The molecule has 0 aliphatic carbocycles. The number of nitrogens with one attached hydrogen (secondary N) is 1. The Bertz CT molecular complexity index is 576. The average Bonchev–Trinajstić information content (AvgIpc) is 3.05. The second kappa shape index (κ2) is 7.71. The van der Waals surface area contributed by atoms with Crippen LogP contribution in [0.1, 0.15) is 12.0 Å². The number of hydrogen-bond acceptors (Lipinski definition) is 4. The van der Waals surface area contributed by atoms with Gasteiger partial charge in [0.05, 0.1) is 20.1 Å². The van der Waals surface area contributed by atoms with Crippen molar-refractivity contribution in [3.63, 3.8) is 0 Å². The Morgan fingerprint density at radius 3 is 2.65 bits per heavy atom. The van der Waals surface area contributed by atoms with Gasteiger partial charge in [0.15, 0.2) is 11.5 Å². The van der Waals surface area contributed by atoms with Crippen LogP contribution in [-0.2, 0) is 11.2 Å². The molecule has 1 fully saturated rings. The van der Waals surface area contributed by atoms with Crippen molar-refractivity contribution in [3.8, 4) is 11.5 Å². The highest BCUT2D eigenvalue weighted by atomic mass is 16.5. The summed E-state index contributed by atoms with van der Waals surface area (Å²) in [7, 11) is 3.18. The molecule has 0 unspecified atom stereocenters. The van der Waals surface area contributed by atoms with E-state index in [0.29, 0.717) is 44.0 Å². The third-order valence-corrected chi connectivity index (χ3v) is 4.02. The fraction of sp³-hybridized carbons (Fsp3) is 0.500. The Morgan fingerprint density at radius 2 is 2.04 bits per heavy atom. The fourth-order valence-corrected chi connectivity index (χ4v) is 2.64. The Hall–Kier alpha value is -2.44. The zero-order chi connectivity index (χ0) is 16.8. The van der Waals surface area contributed by atoms with Gasteiger partial charge in [-0.1, -0.05) is 6.07 Å². The molecule has 3 amide bonds. The smallest absolute Gasteiger partial charge is 0.317 e. The van der Waals surface area contributed by atoms with Crippen LogP contribution >= 0.6 is 0 Å².